The summed E-state index contributed by atoms with van der Waals surface area (Å²) in [5.74, 6) is -1.03. The third-order valence-electron chi connectivity index (χ3n) is 3.12. The van der Waals surface area contributed by atoms with Crippen molar-refractivity contribution >= 4 is 11.9 Å². The van der Waals surface area contributed by atoms with Crippen molar-refractivity contribution in [3.05, 3.63) is 35.4 Å². The van der Waals surface area contributed by atoms with E-state index in [1.807, 2.05) is 6.07 Å². The molecule has 108 valence electrons. The summed E-state index contributed by atoms with van der Waals surface area (Å²) in [6.45, 7) is 2.17. The van der Waals surface area contributed by atoms with E-state index in [4.69, 9.17) is 9.84 Å². The van der Waals surface area contributed by atoms with Crippen molar-refractivity contribution in [3.63, 3.8) is 0 Å². The minimum Gasteiger partial charge on any atom is -0.478 e. The lowest BCUT2D eigenvalue weighted by atomic mass is 10.1. The molecular formula is C14H18N2O4. The Labute approximate surface area is 117 Å². The van der Waals surface area contributed by atoms with Crippen LogP contribution in [-0.4, -0.2) is 49.3 Å². The molecule has 1 aromatic rings. The first-order valence-corrected chi connectivity index (χ1v) is 6.58. The molecule has 1 amide bonds. The minimum atomic E-state index is -0.945. The summed E-state index contributed by atoms with van der Waals surface area (Å²) >= 11 is 0. The Hall–Kier alpha value is -1.92. The maximum Gasteiger partial charge on any atom is 0.335 e. The van der Waals surface area contributed by atoms with Crippen molar-refractivity contribution in [3.8, 4) is 0 Å². The third kappa shape index (κ3) is 4.04. The molecule has 6 nitrogen and oxygen atoms in total. The van der Waals surface area contributed by atoms with Crippen molar-refractivity contribution in [1.29, 1.82) is 0 Å². The zero-order valence-electron chi connectivity index (χ0n) is 11.1. The number of carboxylic acids is 1. The number of benzene rings is 1. The molecule has 1 atom stereocenters. The van der Waals surface area contributed by atoms with Crippen LogP contribution in [0, 0.1) is 0 Å². The SMILES string of the molecule is O=C(O)c1cccc(CCNC(=O)C2COCCN2)c1. The van der Waals surface area contributed by atoms with Crippen LogP contribution in [0.2, 0.25) is 0 Å². The van der Waals surface area contributed by atoms with E-state index in [2.05, 4.69) is 10.6 Å². The predicted molar refractivity (Wildman–Crippen MR) is 72.7 cm³/mol. The number of aromatic carboxylic acids is 1. The fourth-order valence-electron chi connectivity index (χ4n) is 2.05. The quantitative estimate of drug-likeness (QED) is 0.707. The number of nitrogens with one attached hydrogen (secondary N) is 2. The Kier molecular flexibility index (Phi) is 5.09. The zero-order chi connectivity index (χ0) is 14.4. The number of carbonyl (C=O) groups is 2. The maximum absolute atomic E-state index is 11.8. The van der Waals surface area contributed by atoms with E-state index in [-0.39, 0.29) is 17.5 Å². The van der Waals surface area contributed by atoms with Crippen LogP contribution in [0.15, 0.2) is 24.3 Å². The van der Waals surface area contributed by atoms with Gasteiger partial charge in [0.2, 0.25) is 5.91 Å². The van der Waals surface area contributed by atoms with E-state index < -0.39 is 5.97 Å². The summed E-state index contributed by atoms with van der Waals surface area (Å²) in [6.07, 6.45) is 0.598. The molecule has 1 unspecified atom stereocenters. The first kappa shape index (κ1) is 14.5. The number of morpholine rings is 1. The standard InChI is InChI=1S/C14H18N2O4/c17-13(12-9-20-7-6-15-12)16-5-4-10-2-1-3-11(8-10)14(18)19/h1-3,8,12,15H,4-7,9H2,(H,16,17)(H,18,19). The molecule has 6 heteroatoms. The Morgan fingerprint density at radius 1 is 1.45 bits per heavy atom. The molecule has 0 radical (unpaired) electrons. The summed E-state index contributed by atoms with van der Waals surface area (Å²) in [6, 6.07) is 6.43. The first-order chi connectivity index (χ1) is 9.66. The molecule has 2 rings (SSSR count). The van der Waals surface area contributed by atoms with Crippen LogP contribution < -0.4 is 10.6 Å². The third-order valence-corrected chi connectivity index (χ3v) is 3.12. The van der Waals surface area contributed by atoms with E-state index in [1.165, 1.54) is 0 Å². The number of rotatable bonds is 5. The van der Waals surface area contributed by atoms with Crippen molar-refractivity contribution in [2.24, 2.45) is 0 Å². The van der Waals surface area contributed by atoms with E-state index in [9.17, 15) is 9.59 Å². The van der Waals surface area contributed by atoms with Gasteiger partial charge in [-0.05, 0) is 24.1 Å². The maximum atomic E-state index is 11.8. The van der Waals surface area contributed by atoms with Gasteiger partial charge < -0.3 is 20.5 Å². The van der Waals surface area contributed by atoms with Gasteiger partial charge >= 0.3 is 5.97 Å². The molecule has 20 heavy (non-hydrogen) atoms. The molecule has 0 spiro atoms. The highest BCUT2D eigenvalue weighted by molar-refractivity contribution is 5.87. The minimum absolute atomic E-state index is 0.0842. The average Bonchev–Trinajstić information content (AvgIpc) is 2.48. The second-order valence-electron chi connectivity index (χ2n) is 4.63. The molecule has 0 aromatic heterocycles. The first-order valence-electron chi connectivity index (χ1n) is 6.58. The summed E-state index contributed by atoms with van der Waals surface area (Å²) in [5.41, 5.74) is 1.15. The molecule has 0 bridgehead atoms. The van der Waals surface area contributed by atoms with Crippen LogP contribution in [0.25, 0.3) is 0 Å². The number of carbonyl (C=O) groups excluding carboxylic acids is 1. The fraction of sp³-hybridized carbons (Fsp3) is 0.429. The lowest BCUT2D eigenvalue weighted by Gasteiger charge is -2.22. The molecular weight excluding hydrogens is 260 g/mol. The molecule has 3 N–H and O–H groups in total. The van der Waals surface area contributed by atoms with Gasteiger partial charge in [-0.25, -0.2) is 4.79 Å². The van der Waals surface area contributed by atoms with E-state index in [1.54, 1.807) is 18.2 Å². The topological polar surface area (TPSA) is 87.7 Å². The van der Waals surface area contributed by atoms with Crippen LogP contribution in [0.1, 0.15) is 15.9 Å². The molecule has 1 fully saturated rings. The van der Waals surface area contributed by atoms with Crippen LogP contribution in [0.4, 0.5) is 0 Å². The normalized spacial score (nSPS) is 18.5. The summed E-state index contributed by atoms with van der Waals surface area (Å²) in [7, 11) is 0. The molecule has 1 aliphatic heterocycles. The number of hydrogen-bond acceptors (Lipinski definition) is 4. The number of hydrogen-bond donors (Lipinski definition) is 3. The van der Waals surface area contributed by atoms with Gasteiger partial charge in [0.15, 0.2) is 0 Å². The Balaban J connectivity index is 1.79. The molecule has 0 saturated carbocycles. The molecule has 1 saturated heterocycles. The van der Waals surface area contributed by atoms with Crippen molar-refractivity contribution in [2.75, 3.05) is 26.3 Å². The molecule has 0 aliphatic carbocycles. The van der Waals surface area contributed by atoms with E-state index in [0.717, 1.165) is 5.56 Å². The second kappa shape index (κ2) is 7.02. The lowest BCUT2D eigenvalue weighted by Crippen LogP contribution is -2.51. The molecule has 1 heterocycles. The Morgan fingerprint density at radius 3 is 3.00 bits per heavy atom. The van der Waals surface area contributed by atoms with Gasteiger partial charge in [-0.1, -0.05) is 12.1 Å². The zero-order valence-corrected chi connectivity index (χ0v) is 11.1. The molecule has 1 aliphatic rings. The fourth-order valence-corrected chi connectivity index (χ4v) is 2.05. The second-order valence-corrected chi connectivity index (χ2v) is 4.63. The van der Waals surface area contributed by atoms with Crippen LogP contribution in [0.5, 0.6) is 0 Å². The monoisotopic (exact) mass is 278 g/mol. The average molecular weight is 278 g/mol. The predicted octanol–water partition coefficient (Wildman–Crippen LogP) is 0.0319. The lowest BCUT2D eigenvalue weighted by molar-refractivity contribution is -0.125. The number of ether oxygens (including phenoxy) is 1. The van der Waals surface area contributed by atoms with Crippen LogP contribution in [-0.2, 0) is 16.0 Å². The smallest absolute Gasteiger partial charge is 0.335 e. The van der Waals surface area contributed by atoms with Gasteiger partial charge in [0.1, 0.15) is 6.04 Å². The number of carboxylic acid groups (broad SMARTS) is 1. The van der Waals surface area contributed by atoms with Crippen LogP contribution >= 0.6 is 0 Å². The highest BCUT2D eigenvalue weighted by atomic mass is 16.5. The highest BCUT2D eigenvalue weighted by Crippen LogP contribution is 2.05. The van der Waals surface area contributed by atoms with E-state index >= 15 is 0 Å². The van der Waals surface area contributed by atoms with Crippen molar-refractivity contribution in [2.45, 2.75) is 12.5 Å². The Bertz CT molecular complexity index is 484. The van der Waals surface area contributed by atoms with Gasteiger partial charge in [-0.15, -0.1) is 0 Å². The van der Waals surface area contributed by atoms with Gasteiger partial charge in [0, 0.05) is 13.1 Å². The summed E-state index contributed by atoms with van der Waals surface area (Å²) < 4.78 is 5.22. The summed E-state index contributed by atoms with van der Waals surface area (Å²) in [4.78, 5) is 22.7. The Morgan fingerprint density at radius 2 is 2.30 bits per heavy atom. The number of amides is 1. The van der Waals surface area contributed by atoms with Gasteiger partial charge in [0.05, 0.1) is 18.8 Å². The largest absolute Gasteiger partial charge is 0.478 e. The highest BCUT2D eigenvalue weighted by Gasteiger charge is 2.20. The van der Waals surface area contributed by atoms with Gasteiger partial charge in [-0.2, -0.15) is 0 Å². The summed E-state index contributed by atoms with van der Waals surface area (Å²) in [5, 5.41) is 14.8. The van der Waals surface area contributed by atoms with Gasteiger partial charge in [0.25, 0.3) is 0 Å². The van der Waals surface area contributed by atoms with Crippen molar-refractivity contribution < 1.29 is 19.4 Å². The van der Waals surface area contributed by atoms with Crippen molar-refractivity contribution in [1.82, 2.24) is 10.6 Å². The molecule has 1 aromatic carbocycles. The van der Waals surface area contributed by atoms with Gasteiger partial charge in [-0.3, -0.25) is 4.79 Å². The van der Waals surface area contributed by atoms with E-state index in [0.29, 0.717) is 32.7 Å². The van der Waals surface area contributed by atoms with Crippen LogP contribution in [0.3, 0.4) is 0 Å².